The molecule has 1 N–H and O–H groups in total. The molecule has 204 valence electrons. The second-order valence-corrected chi connectivity index (χ2v) is 8.84. The first-order chi connectivity index (χ1) is 19.4. The minimum absolute atomic E-state index is 0.0651. The lowest BCUT2D eigenvalue weighted by Gasteiger charge is -2.13. The standard InChI is InChI=1S/C29H24ClFN4O5/c1-4-39-27-16-35(19-8-5-17(31)6-9-19)34-28(27)29(36)33-18-7-10-24(21(30)13-18)40-23-11-12-32-22-15-26(38-3)25(37-2)14-20(22)23/h5-16H,4H2,1-3H3,(H,33,36). The third-order valence-corrected chi connectivity index (χ3v) is 6.20. The Labute approximate surface area is 234 Å². The molecule has 0 saturated heterocycles. The topological polar surface area (TPSA) is 96.7 Å². The molecule has 2 heterocycles. The second-order valence-electron chi connectivity index (χ2n) is 8.43. The summed E-state index contributed by atoms with van der Waals surface area (Å²) in [6.45, 7) is 2.13. The van der Waals surface area contributed by atoms with Gasteiger partial charge < -0.3 is 24.3 Å². The van der Waals surface area contributed by atoms with E-state index in [1.54, 1.807) is 82.1 Å². The van der Waals surface area contributed by atoms with Gasteiger partial charge in [0.25, 0.3) is 5.91 Å². The van der Waals surface area contributed by atoms with Crippen LogP contribution in [0.5, 0.6) is 28.7 Å². The molecule has 11 heteroatoms. The van der Waals surface area contributed by atoms with E-state index < -0.39 is 5.91 Å². The normalized spacial score (nSPS) is 10.8. The highest BCUT2D eigenvalue weighted by molar-refractivity contribution is 6.32. The molecule has 3 aromatic carbocycles. The summed E-state index contributed by atoms with van der Waals surface area (Å²) in [5.74, 6) is 1.37. The van der Waals surface area contributed by atoms with E-state index in [1.807, 2.05) is 0 Å². The van der Waals surface area contributed by atoms with Crippen molar-refractivity contribution in [2.45, 2.75) is 6.92 Å². The van der Waals surface area contributed by atoms with Gasteiger partial charge in [-0.05, 0) is 61.5 Å². The van der Waals surface area contributed by atoms with Gasteiger partial charge in [0.2, 0.25) is 0 Å². The number of nitrogens with zero attached hydrogens (tertiary/aromatic N) is 3. The number of hydrogen-bond donors (Lipinski definition) is 1. The Bertz CT molecular complexity index is 1690. The number of aromatic nitrogens is 3. The van der Waals surface area contributed by atoms with Crippen molar-refractivity contribution in [1.29, 1.82) is 0 Å². The summed E-state index contributed by atoms with van der Waals surface area (Å²) in [6, 6.07) is 15.8. The van der Waals surface area contributed by atoms with Gasteiger partial charge in [-0.1, -0.05) is 11.6 Å². The van der Waals surface area contributed by atoms with Crippen LogP contribution in [0.15, 0.2) is 73.1 Å². The zero-order chi connectivity index (χ0) is 28.2. The van der Waals surface area contributed by atoms with Crippen LogP contribution in [0.25, 0.3) is 16.6 Å². The molecule has 0 fully saturated rings. The molecule has 0 atom stereocenters. The van der Waals surface area contributed by atoms with E-state index in [9.17, 15) is 9.18 Å². The van der Waals surface area contributed by atoms with Crippen molar-refractivity contribution in [1.82, 2.24) is 14.8 Å². The number of rotatable bonds is 9. The number of methoxy groups -OCH3 is 2. The van der Waals surface area contributed by atoms with Gasteiger partial charge in [-0.3, -0.25) is 9.78 Å². The van der Waals surface area contributed by atoms with E-state index in [2.05, 4.69) is 15.4 Å². The van der Waals surface area contributed by atoms with E-state index in [4.69, 9.17) is 30.5 Å². The van der Waals surface area contributed by atoms with E-state index in [-0.39, 0.29) is 22.3 Å². The van der Waals surface area contributed by atoms with Gasteiger partial charge >= 0.3 is 0 Å². The Morgan fingerprint density at radius 1 is 0.950 bits per heavy atom. The Hall–Kier alpha value is -4.83. The summed E-state index contributed by atoms with van der Waals surface area (Å²) < 4.78 is 37.3. The highest BCUT2D eigenvalue weighted by Crippen LogP contribution is 2.39. The predicted molar refractivity (Wildman–Crippen MR) is 149 cm³/mol. The van der Waals surface area contributed by atoms with Crippen LogP contribution in [0.2, 0.25) is 5.02 Å². The number of pyridine rings is 1. The highest BCUT2D eigenvalue weighted by Gasteiger charge is 2.20. The SMILES string of the molecule is CCOc1cn(-c2ccc(F)cc2)nc1C(=O)Nc1ccc(Oc2ccnc3cc(OC)c(OC)cc23)c(Cl)c1. The lowest BCUT2D eigenvalue weighted by Crippen LogP contribution is -2.14. The van der Waals surface area contributed by atoms with Crippen LogP contribution in [-0.4, -0.2) is 41.5 Å². The number of benzene rings is 3. The summed E-state index contributed by atoms with van der Waals surface area (Å²) in [4.78, 5) is 17.5. The Kier molecular flexibility index (Phi) is 7.70. The average molecular weight is 563 g/mol. The van der Waals surface area contributed by atoms with Crippen molar-refractivity contribution in [3.63, 3.8) is 0 Å². The molecule has 1 amide bonds. The average Bonchev–Trinajstić information content (AvgIpc) is 3.38. The van der Waals surface area contributed by atoms with Crippen molar-refractivity contribution < 1.29 is 28.1 Å². The molecular formula is C29H24ClFN4O5. The quantitative estimate of drug-likeness (QED) is 0.214. The number of carbonyl (C=O) groups is 1. The van der Waals surface area contributed by atoms with Gasteiger partial charge in [0.1, 0.15) is 17.3 Å². The lowest BCUT2D eigenvalue weighted by molar-refractivity contribution is 0.101. The van der Waals surface area contributed by atoms with Crippen LogP contribution in [0.4, 0.5) is 10.1 Å². The molecule has 5 rings (SSSR count). The molecule has 40 heavy (non-hydrogen) atoms. The molecule has 5 aromatic rings. The van der Waals surface area contributed by atoms with Gasteiger partial charge in [-0.15, -0.1) is 0 Å². The van der Waals surface area contributed by atoms with Crippen LogP contribution in [-0.2, 0) is 0 Å². The first kappa shape index (κ1) is 26.8. The number of anilines is 1. The molecule has 0 aliphatic heterocycles. The number of hydrogen-bond acceptors (Lipinski definition) is 7. The first-order valence-corrected chi connectivity index (χ1v) is 12.6. The monoisotopic (exact) mass is 562 g/mol. The fourth-order valence-corrected chi connectivity index (χ4v) is 4.23. The molecule has 0 bridgehead atoms. The van der Waals surface area contributed by atoms with Gasteiger partial charge in [0.05, 0.1) is 43.3 Å². The molecule has 0 radical (unpaired) electrons. The Morgan fingerprint density at radius 2 is 1.70 bits per heavy atom. The van der Waals surface area contributed by atoms with Crippen molar-refractivity contribution in [2.75, 3.05) is 26.1 Å². The number of halogens is 2. The minimum Gasteiger partial charge on any atom is -0.493 e. The van der Waals surface area contributed by atoms with Gasteiger partial charge in [0.15, 0.2) is 22.9 Å². The third-order valence-electron chi connectivity index (χ3n) is 5.90. The largest absolute Gasteiger partial charge is 0.493 e. The summed E-state index contributed by atoms with van der Waals surface area (Å²) in [5.41, 5.74) is 1.72. The number of carbonyl (C=O) groups excluding carboxylic acids is 1. The van der Waals surface area contributed by atoms with Crippen LogP contribution < -0.4 is 24.3 Å². The maximum absolute atomic E-state index is 13.3. The van der Waals surface area contributed by atoms with Crippen LogP contribution in [0, 0.1) is 5.82 Å². The summed E-state index contributed by atoms with van der Waals surface area (Å²) in [5, 5.41) is 8.11. The number of nitrogens with one attached hydrogen (secondary N) is 1. The van der Waals surface area contributed by atoms with E-state index in [1.165, 1.54) is 16.8 Å². The molecule has 9 nitrogen and oxygen atoms in total. The molecule has 0 unspecified atom stereocenters. The molecule has 0 aliphatic carbocycles. The first-order valence-electron chi connectivity index (χ1n) is 12.2. The number of amides is 1. The van der Waals surface area contributed by atoms with Crippen molar-refractivity contribution >= 4 is 34.1 Å². The highest BCUT2D eigenvalue weighted by atomic mass is 35.5. The molecule has 2 aromatic heterocycles. The Morgan fingerprint density at radius 3 is 2.40 bits per heavy atom. The van der Waals surface area contributed by atoms with Gasteiger partial charge in [-0.25, -0.2) is 9.07 Å². The van der Waals surface area contributed by atoms with Crippen LogP contribution >= 0.6 is 11.6 Å². The van der Waals surface area contributed by atoms with E-state index in [0.29, 0.717) is 51.9 Å². The molecule has 0 spiro atoms. The van der Waals surface area contributed by atoms with Crippen molar-refractivity contribution in [3.8, 4) is 34.4 Å². The maximum atomic E-state index is 13.3. The zero-order valence-corrected chi connectivity index (χ0v) is 22.5. The van der Waals surface area contributed by atoms with Gasteiger partial charge in [-0.2, -0.15) is 5.10 Å². The predicted octanol–water partition coefficient (Wildman–Crippen LogP) is 6.67. The van der Waals surface area contributed by atoms with E-state index >= 15 is 0 Å². The second kappa shape index (κ2) is 11.5. The number of fused-ring (bicyclic) bond motifs is 1. The molecule has 0 saturated carbocycles. The third kappa shape index (κ3) is 5.48. The summed E-state index contributed by atoms with van der Waals surface area (Å²) in [6.07, 6.45) is 3.19. The Balaban J connectivity index is 1.38. The van der Waals surface area contributed by atoms with Crippen LogP contribution in [0.1, 0.15) is 17.4 Å². The smallest absolute Gasteiger partial charge is 0.280 e. The maximum Gasteiger partial charge on any atom is 0.280 e. The minimum atomic E-state index is -0.504. The lowest BCUT2D eigenvalue weighted by atomic mass is 10.2. The van der Waals surface area contributed by atoms with Gasteiger partial charge in [0, 0.05) is 23.3 Å². The van der Waals surface area contributed by atoms with Crippen LogP contribution in [0.3, 0.4) is 0 Å². The molecule has 0 aliphatic rings. The van der Waals surface area contributed by atoms with Crippen molar-refractivity contribution in [2.24, 2.45) is 0 Å². The molecular weight excluding hydrogens is 539 g/mol. The number of ether oxygens (including phenoxy) is 4. The fraction of sp³-hybridized carbons (Fsp3) is 0.138. The summed E-state index contributed by atoms with van der Waals surface area (Å²) >= 11 is 6.53. The zero-order valence-electron chi connectivity index (χ0n) is 21.8. The van der Waals surface area contributed by atoms with E-state index in [0.717, 1.165) is 0 Å². The fourth-order valence-electron chi connectivity index (χ4n) is 4.01. The summed E-state index contributed by atoms with van der Waals surface area (Å²) in [7, 11) is 3.11. The van der Waals surface area contributed by atoms with Crippen molar-refractivity contribution in [3.05, 3.63) is 89.6 Å².